The first-order valence-corrected chi connectivity index (χ1v) is 7.61. The first-order valence-electron chi connectivity index (χ1n) is 6.85. The second kappa shape index (κ2) is 6.26. The maximum absolute atomic E-state index is 14.2. The Morgan fingerprint density at radius 3 is 2.74 bits per heavy atom. The fourth-order valence-corrected chi connectivity index (χ4v) is 3.49. The Labute approximate surface area is 141 Å². The average molecular weight is 356 g/mol. The number of carboxylic acid groups (broad SMARTS) is 1. The van der Waals surface area contributed by atoms with Crippen LogP contribution in [0.1, 0.15) is 23.5 Å². The molecule has 0 aromatic heterocycles. The van der Waals surface area contributed by atoms with Gasteiger partial charge < -0.3 is 15.2 Å². The van der Waals surface area contributed by atoms with Crippen LogP contribution in [-0.4, -0.2) is 17.5 Å². The maximum atomic E-state index is 14.2. The molecule has 3 rings (SSSR count). The lowest BCUT2D eigenvalue weighted by molar-refractivity contribution is 0.0561. The predicted molar refractivity (Wildman–Crippen MR) is 85.8 cm³/mol. The third-order valence-corrected chi connectivity index (χ3v) is 4.26. The van der Waals surface area contributed by atoms with Crippen molar-refractivity contribution in [3.63, 3.8) is 0 Å². The zero-order valence-electron chi connectivity index (χ0n) is 11.7. The van der Waals surface area contributed by atoms with Gasteiger partial charge in [-0.25, -0.2) is 9.18 Å². The lowest BCUT2D eigenvalue weighted by Gasteiger charge is -2.33. The maximum Gasteiger partial charge on any atom is 0.507 e. The van der Waals surface area contributed by atoms with Crippen molar-refractivity contribution in [2.75, 3.05) is 5.32 Å². The van der Waals surface area contributed by atoms with Crippen molar-refractivity contribution in [2.24, 2.45) is 0 Å². The number of halogens is 3. The summed E-state index contributed by atoms with van der Waals surface area (Å²) in [6, 6.07) is 9.52. The van der Waals surface area contributed by atoms with E-state index in [9.17, 15) is 9.18 Å². The first-order chi connectivity index (χ1) is 11.0. The number of nitrogens with one attached hydrogen (secondary N) is 1. The van der Waals surface area contributed by atoms with Gasteiger partial charge in [0.05, 0.1) is 0 Å². The van der Waals surface area contributed by atoms with Crippen molar-refractivity contribution in [2.45, 2.75) is 18.6 Å². The monoisotopic (exact) mass is 355 g/mol. The van der Waals surface area contributed by atoms with E-state index < -0.39 is 18.3 Å². The van der Waals surface area contributed by atoms with Gasteiger partial charge in [0.2, 0.25) is 0 Å². The van der Waals surface area contributed by atoms with E-state index in [-0.39, 0.29) is 12.2 Å². The van der Waals surface area contributed by atoms with Crippen molar-refractivity contribution in [3.05, 3.63) is 63.4 Å². The molecule has 4 nitrogen and oxygen atoms in total. The van der Waals surface area contributed by atoms with E-state index in [1.807, 2.05) is 0 Å². The summed E-state index contributed by atoms with van der Waals surface area (Å²) in [5, 5.41) is 12.6. The van der Waals surface area contributed by atoms with Crippen molar-refractivity contribution < 1.29 is 19.0 Å². The summed E-state index contributed by atoms with van der Waals surface area (Å²) in [5.41, 5.74) is 1.64. The minimum atomic E-state index is -1.41. The number of anilines is 1. The summed E-state index contributed by atoms with van der Waals surface area (Å²) in [5.74, 6) is -0.827. The highest BCUT2D eigenvalue weighted by Crippen LogP contribution is 2.44. The van der Waals surface area contributed by atoms with Crippen LogP contribution in [0.15, 0.2) is 36.4 Å². The molecule has 2 N–H and O–H groups in total. The summed E-state index contributed by atoms with van der Waals surface area (Å²) >= 11 is 12.3. The van der Waals surface area contributed by atoms with Crippen LogP contribution in [0, 0.1) is 5.82 Å². The van der Waals surface area contributed by atoms with Crippen LogP contribution >= 0.6 is 23.2 Å². The molecule has 2 atom stereocenters. The molecule has 23 heavy (non-hydrogen) atoms. The fraction of sp³-hybridized carbons (Fsp3) is 0.188. The number of benzene rings is 2. The van der Waals surface area contributed by atoms with Gasteiger partial charge in [-0.2, -0.15) is 0 Å². The molecular weight excluding hydrogens is 344 g/mol. The third kappa shape index (κ3) is 3.21. The molecule has 0 amide bonds. The number of carbonyl (C=O) groups is 1. The lowest BCUT2D eigenvalue weighted by Crippen LogP contribution is -2.33. The Kier molecular flexibility index (Phi) is 4.33. The number of ether oxygens (including phenoxy) is 1. The number of fused-ring (bicyclic) bond motifs is 1. The molecule has 0 radical (unpaired) electrons. The van der Waals surface area contributed by atoms with Gasteiger partial charge in [-0.3, -0.25) is 0 Å². The Balaban J connectivity index is 2.11. The largest absolute Gasteiger partial charge is 0.507 e. The third-order valence-electron chi connectivity index (χ3n) is 3.73. The smallest absolute Gasteiger partial charge is 0.450 e. The van der Waals surface area contributed by atoms with Crippen LogP contribution in [0.3, 0.4) is 0 Å². The number of rotatable bonds is 2. The van der Waals surface area contributed by atoms with Crippen LogP contribution in [0.2, 0.25) is 10.0 Å². The molecule has 7 heteroatoms. The Hall–Kier alpha value is -1.98. The van der Waals surface area contributed by atoms with Gasteiger partial charge in [-0.05, 0) is 23.8 Å². The molecule has 0 spiro atoms. The summed E-state index contributed by atoms with van der Waals surface area (Å²) in [4.78, 5) is 10.8. The van der Waals surface area contributed by atoms with E-state index in [1.54, 1.807) is 30.3 Å². The summed E-state index contributed by atoms with van der Waals surface area (Å²) < 4.78 is 19.0. The summed E-state index contributed by atoms with van der Waals surface area (Å²) in [6.07, 6.45) is -2.01. The highest BCUT2D eigenvalue weighted by Gasteiger charge is 2.33. The normalized spacial score (nSPS) is 19.6. The molecule has 120 valence electrons. The topological polar surface area (TPSA) is 58.6 Å². The lowest BCUT2D eigenvalue weighted by atomic mass is 9.84. The van der Waals surface area contributed by atoms with Gasteiger partial charge in [0.15, 0.2) is 6.23 Å². The number of hydrogen-bond acceptors (Lipinski definition) is 3. The minimum absolute atomic E-state index is 0.224. The standard InChI is InChI=1S/C16H12Cl2FNO3/c17-8-5-11(18)15-10(9-3-1-2-4-12(9)19)7-14(23-16(21)22)20-13(15)6-8/h1-6,10,14,20H,7H2,(H,21,22). The van der Waals surface area contributed by atoms with Crippen molar-refractivity contribution >= 4 is 35.0 Å². The van der Waals surface area contributed by atoms with E-state index in [0.717, 1.165) is 0 Å². The Bertz CT molecular complexity index is 769. The molecule has 0 bridgehead atoms. The SMILES string of the molecule is O=C(O)OC1CC(c2ccccc2F)c2c(Cl)cc(Cl)cc2N1. The van der Waals surface area contributed by atoms with Gasteiger partial charge >= 0.3 is 6.16 Å². The van der Waals surface area contributed by atoms with E-state index in [2.05, 4.69) is 5.32 Å². The zero-order valence-corrected chi connectivity index (χ0v) is 13.2. The van der Waals surface area contributed by atoms with Crippen molar-refractivity contribution in [3.8, 4) is 0 Å². The van der Waals surface area contributed by atoms with Crippen molar-refractivity contribution in [1.82, 2.24) is 0 Å². The van der Waals surface area contributed by atoms with Crippen molar-refractivity contribution in [1.29, 1.82) is 0 Å². The first kappa shape index (κ1) is 15.9. The molecule has 0 saturated carbocycles. The highest BCUT2D eigenvalue weighted by molar-refractivity contribution is 6.35. The molecule has 2 unspecified atom stereocenters. The molecule has 0 fully saturated rings. The molecule has 1 aliphatic heterocycles. The van der Waals surface area contributed by atoms with E-state index in [4.69, 9.17) is 33.0 Å². The van der Waals surface area contributed by atoms with Crippen LogP contribution in [0.5, 0.6) is 0 Å². The molecule has 0 aliphatic carbocycles. The molecular formula is C16H12Cl2FNO3. The zero-order chi connectivity index (χ0) is 16.6. The fourth-order valence-electron chi connectivity index (χ4n) is 2.86. The quantitative estimate of drug-likeness (QED) is 0.735. The van der Waals surface area contributed by atoms with Gasteiger partial charge in [0.25, 0.3) is 0 Å². The van der Waals surface area contributed by atoms with Gasteiger partial charge in [-0.1, -0.05) is 41.4 Å². The van der Waals surface area contributed by atoms with Crippen LogP contribution in [0.25, 0.3) is 0 Å². The second-order valence-electron chi connectivity index (χ2n) is 5.18. The Morgan fingerprint density at radius 2 is 2.04 bits per heavy atom. The molecule has 1 heterocycles. The van der Waals surface area contributed by atoms with E-state index >= 15 is 0 Å². The molecule has 2 aromatic rings. The van der Waals surface area contributed by atoms with Gasteiger partial charge in [-0.15, -0.1) is 0 Å². The molecule has 0 saturated heterocycles. The van der Waals surface area contributed by atoms with Crippen LogP contribution < -0.4 is 5.32 Å². The molecule has 2 aromatic carbocycles. The minimum Gasteiger partial charge on any atom is -0.450 e. The summed E-state index contributed by atoms with van der Waals surface area (Å²) in [6.45, 7) is 0. The van der Waals surface area contributed by atoms with Crippen LogP contribution in [-0.2, 0) is 4.74 Å². The second-order valence-corrected chi connectivity index (χ2v) is 6.02. The van der Waals surface area contributed by atoms with E-state index in [1.165, 1.54) is 6.07 Å². The van der Waals surface area contributed by atoms with Crippen LogP contribution in [0.4, 0.5) is 14.9 Å². The summed E-state index contributed by atoms with van der Waals surface area (Å²) in [7, 11) is 0. The van der Waals surface area contributed by atoms with Gasteiger partial charge in [0.1, 0.15) is 5.82 Å². The Morgan fingerprint density at radius 1 is 1.30 bits per heavy atom. The molecule has 1 aliphatic rings. The average Bonchev–Trinajstić information content (AvgIpc) is 2.45. The predicted octanol–water partition coefficient (Wildman–Crippen LogP) is 5.10. The van der Waals surface area contributed by atoms with E-state index in [0.29, 0.717) is 26.9 Å². The van der Waals surface area contributed by atoms with Gasteiger partial charge in [0, 0.05) is 33.6 Å². The highest BCUT2D eigenvalue weighted by atomic mass is 35.5. The number of hydrogen-bond donors (Lipinski definition) is 2.